The van der Waals surface area contributed by atoms with Crippen LogP contribution in [0.5, 0.6) is 0 Å². The molecule has 0 radical (unpaired) electrons. The van der Waals surface area contributed by atoms with E-state index in [1.807, 2.05) is 12.1 Å². The predicted octanol–water partition coefficient (Wildman–Crippen LogP) is 3.58. The number of nitrogens with one attached hydrogen (secondary N) is 1. The second-order valence-corrected chi connectivity index (χ2v) is 4.98. The molecule has 18 heavy (non-hydrogen) atoms. The first-order valence-corrected chi connectivity index (χ1v) is 6.68. The van der Waals surface area contributed by atoms with Crippen molar-refractivity contribution in [1.29, 1.82) is 5.26 Å². The summed E-state index contributed by atoms with van der Waals surface area (Å²) in [7, 11) is 0. The van der Waals surface area contributed by atoms with Gasteiger partial charge in [0.05, 0.1) is 16.7 Å². The highest BCUT2D eigenvalue weighted by atomic mass is 35.5. The van der Waals surface area contributed by atoms with Gasteiger partial charge in [0.2, 0.25) is 0 Å². The molecule has 1 aromatic rings. The van der Waals surface area contributed by atoms with Crippen LogP contribution in [-0.4, -0.2) is 18.8 Å². The van der Waals surface area contributed by atoms with Crippen molar-refractivity contribution < 1.29 is 4.74 Å². The molecule has 4 heteroatoms. The van der Waals surface area contributed by atoms with Gasteiger partial charge in [-0.1, -0.05) is 18.5 Å². The lowest BCUT2D eigenvalue weighted by molar-refractivity contribution is 0.00926. The number of hydrogen-bond donors (Lipinski definition) is 1. The summed E-state index contributed by atoms with van der Waals surface area (Å²) in [4.78, 5) is 0. The maximum Gasteiger partial charge on any atom is 0.101 e. The highest BCUT2D eigenvalue weighted by Gasteiger charge is 2.21. The van der Waals surface area contributed by atoms with Gasteiger partial charge in [-0.3, -0.25) is 0 Å². The standard InChI is InChI=1S/C14H17ClN2O/c1-2-13-7-12(5-6-18-13)17-11-4-3-10(9-16)14(15)8-11/h3-4,8,12-13,17H,2,5-7H2,1H3. The van der Waals surface area contributed by atoms with E-state index in [9.17, 15) is 0 Å². The van der Waals surface area contributed by atoms with Crippen molar-refractivity contribution in [2.75, 3.05) is 11.9 Å². The van der Waals surface area contributed by atoms with Gasteiger partial charge in [-0.2, -0.15) is 5.26 Å². The van der Waals surface area contributed by atoms with Crippen LogP contribution in [0.15, 0.2) is 18.2 Å². The first-order chi connectivity index (χ1) is 8.72. The Kier molecular flexibility index (Phi) is 4.46. The van der Waals surface area contributed by atoms with Crippen molar-refractivity contribution in [3.05, 3.63) is 28.8 Å². The molecule has 2 rings (SSSR count). The molecule has 0 saturated carbocycles. The van der Waals surface area contributed by atoms with Gasteiger partial charge in [-0.05, 0) is 37.5 Å². The van der Waals surface area contributed by atoms with E-state index in [4.69, 9.17) is 21.6 Å². The van der Waals surface area contributed by atoms with Crippen LogP contribution in [0.25, 0.3) is 0 Å². The summed E-state index contributed by atoms with van der Waals surface area (Å²) in [5, 5.41) is 12.8. The third kappa shape index (κ3) is 3.16. The van der Waals surface area contributed by atoms with Crippen molar-refractivity contribution >= 4 is 17.3 Å². The minimum atomic E-state index is 0.352. The number of rotatable bonds is 3. The summed E-state index contributed by atoms with van der Waals surface area (Å²) in [6, 6.07) is 7.96. The maximum absolute atomic E-state index is 8.83. The molecular formula is C14H17ClN2O. The number of halogens is 1. The SMILES string of the molecule is CCC1CC(Nc2ccc(C#N)c(Cl)c2)CCO1. The van der Waals surface area contributed by atoms with E-state index in [1.54, 1.807) is 6.07 Å². The summed E-state index contributed by atoms with van der Waals surface area (Å²) in [5.41, 5.74) is 1.49. The molecule has 1 N–H and O–H groups in total. The van der Waals surface area contributed by atoms with Crippen LogP contribution >= 0.6 is 11.6 Å². The molecule has 1 aliphatic rings. The number of anilines is 1. The molecule has 0 spiro atoms. The zero-order valence-corrected chi connectivity index (χ0v) is 11.2. The molecule has 96 valence electrons. The number of hydrogen-bond acceptors (Lipinski definition) is 3. The zero-order valence-electron chi connectivity index (χ0n) is 10.4. The molecule has 1 aliphatic heterocycles. The topological polar surface area (TPSA) is 45.0 Å². The number of nitrogens with zero attached hydrogens (tertiary/aromatic N) is 1. The van der Waals surface area contributed by atoms with Gasteiger partial charge in [-0.25, -0.2) is 0 Å². The van der Waals surface area contributed by atoms with E-state index in [1.165, 1.54) is 0 Å². The van der Waals surface area contributed by atoms with Crippen LogP contribution in [0, 0.1) is 11.3 Å². The fourth-order valence-corrected chi connectivity index (χ4v) is 2.45. The quantitative estimate of drug-likeness (QED) is 0.908. The molecule has 1 fully saturated rings. The van der Waals surface area contributed by atoms with Crippen LogP contribution in [0.4, 0.5) is 5.69 Å². The number of ether oxygens (including phenoxy) is 1. The van der Waals surface area contributed by atoms with Crippen LogP contribution in [0.3, 0.4) is 0 Å². The molecule has 1 heterocycles. The van der Waals surface area contributed by atoms with Crippen molar-refractivity contribution in [2.45, 2.75) is 38.3 Å². The minimum Gasteiger partial charge on any atom is -0.382 e. The molecule has 0 amide bonds. The van der Waals surface area contributed by atoms with E-state index >= 15 is 0 Å². The van der Waals surface area contributed by atoms with E-state index < -0.39 is 0 Å². The Morgan fingerprint density at radius 3 is 3.06 bits per heavy atom. The van der Waals surface area contributed by atoms with Crippen molar-refractivity contribution in [3.8, 4) is 6.07 Å². The van der Waals surface area contributed by atoms with Gasteiger partial charge in [0.15, 0.2) is 0 Å². The van der Waals surface area contributed by atoms with Crippen molar-refractivity contribution in [3.63, 3.8) is 0 Å². The lowest BCUT2D eigenvalue weighted by Crippen LogP contribution is -2.33. The minimum absolute atomic E-state index is 0.352. The van der Waals surface area contributed by atoms with Gasteiger partial charge in [0.25, 0.3) is 0 Å². The molecule has 0 aromatic heterocycles. The molecule has 1 saturated heterocycles. The third-order valence-electron chi connectivity index (χ3n) is 3.28. The fourth-order valence-electron chi connectivity index (χ4n) is 2.23. The lowest BCUT2D eigenvalue weighted by Gasteiger charge is -2.30. The van der Waals surface area contributed by atoms with Crippen LogP contribution in [-0.2, 0) is 4.74 Å². The molecular weight excluding hydrogens is 248 g/mol. The number of benzene rings is 1. The summed E-state index contributed by atoms with van der Waals surface area (Å²) in [5.74, 6) is 0. The van der Waals surface area contributed by atoms with Crippen molar-refractivity contribution in [2.24, 2.45) is 0 Å². The van der Waals surface area contributed by atoms with Crippen molar-refractivity contribution in [1.82, 2.24) is 0 Å². The highest BCUT2D eigenvalue weighted by Crippen LogP contribution is 2.24. The highest BCUT2D eigenvalue weighted by molar-refractivity contribution is 6.32. The maximum atomic E-state index is 8.83. The second kappa shape index (κ2) is 6.08. The Bertz CT molecular complexity index is 456. The largest absolute Gasteiger partial charge is 0.382 e. The Labute approximate surface area is 113 Å². The summed E-state index contributed by atoms with van der Waals surface area (Å²) in [6.07, 6.45) is 3.43. The van der Waals surface area contributed by atoms with Crippen LogP contribution < -0.4 is 5.32 Å². The van der Waals surface area contributed by atoms with Gasteiger partial charge in [0.1, 0.15) is 6.07 Å². The molecule has 2 unspecified atom stereocenters. The van der Waals surface area contributed by atoms with E-state index in [0.717, 1.165) is 31.6 Å². The summed E-state index contributed by atoms with van der Waals surface area (Å²) in [6.45, 7) is 2.95. The van der Waals surface area contributed by atoms with Gasteiger partial charge in [0, 0.05) is 18.3 Å². The Morgan fingerprint density at radius 1 is 1.56 bits per heavy atom. The predicted molar refractivity (Wildman–Crippen MR) is 72.8 cm³/mol. The first kappa shape index (κ1) is 13.2. The third-order valence-corrected chi connectivity index (χ3v) is 3.60. The average Bonchev–Trinajstić information content (AvgIpc) is 2.39. The van der Waals surface area contributed by atoms with Gasteiger partial charge in [-0.15, -0.1) is 0 Å². The average molecular weight is 265 g/mol. The van der Waals surface area contributed by atoms with Crippen LogP contribution in [0.2, 0.25) is 5.02 Å². The molecule has 0 bridgehead atoms. The summed E-state index contributed by atoms with van der Waals surface area (Å²) >= 11 is 6.02. The Balaban J connectivity index is 2.01. The van der Waals surface area contributed by atoms with Gasteiger partial charge < -0.3 is 10.1 Å². The smallest absolute Gasteiger partial charge is 0.101 e. The van der Waals surface area contributed by atoms with Crippen LogP contribution in [0.1, 0.15) is 31.7 Å². The fraction of sp³-hybridized carbons (Fsp3) is 0.500. The Hall–Kier alpha value is -1.24. The van der Waals surface area contributed by atoms with Gasteiger partial charge >= 0.3 is 0 Å². The second-order valence-electron chi connectivity index (χ2n) is 4.57. The molecule has 1 aromatic carbocycles. The van der Waals surface area contributed by atoms with E-state index in [-0.39, 0.29) is 0 Å². The normalized spacial score (nSPS) is 23.4. The molecule has 3 nitrogen and oxygen atoms in total. The summed E-state index contributed by atoms with van der Waals surface area (Å²) < 4.78 is 5.65. The monoisotopic (exact) mass is 264 g/mol. The number of nitriles is 1. The molecule has 0 aliphatic carbocycles. The van der Waals surface area contributed by atoms with E-state index in [0.29, 0.717) is 22.7 Å². The van der Waals surface area contributed by atoms with E-state index in [2.05, 4.69) is 18.3 Å². The zero-order chi connectivity index (χ0) is 13.0. The lowest BCUT2D eigenvalue weighted by atomic mass is 10.0. The first-order valence-electron chi connectivity index (χ1n) is 6.30. The Morgan fingerprint density at radius 2 is 2.39 bits per heavy atom. The molecule has 2 atom stereocenters.